The number of amides is 4. The number of likely N-dealkylation sites (N-methyl/N-ethyl adjacent to an activating group) is 1. The van der Waals surface area contributed by atoms with E-state index in [4.69, 9.17) is 17.2 Å². The third kappa shape index (κ3) is 10.8. The lowest BCUT2D eigenvalue weighted by Crippen LogP contribution is -2.53. The van der Waals surface area contributed by atoms with Crippen LogP contribution in [0, 0.1) is 6.92 Å². The summed E-state index contributed by atoms with van der Waals surface area (Å²) in [5.41, 5.74) is 19.8. The molecule has 0 aromatic heterocycles. The van der Waals surface area contributed by atoms with Gasteiger partial charge in [-0.15, -0.1) is 0 Å². The predicted molar refractivity (Wildman–Crippen MR) is 155 cm³/mol. The Bertz CT molecular complexity index is 1090. The number of nitrogens with one attached hydrogen (secondary N) is 2. The van der Waals surface area contributed by atoms with Crippen molar-refractivity contribution in [2.75, 3.05) is 46.3 Å². The molecule has 2 rings (SSSR count). The third-order valence-corrected chi connectivity index (χ3v) is 6.47. The van der Waals surface area contributed by atoms with Crippen molar-refractivity contribution in [2.45, 2.75) is 38.3 Å². The molecule has 0 aliphatic rings. The zero-order chi connectivity index (χ0) is 29.5. The van der Waals surface area contributed by atoms with Gasteiger partial charge in [0.1, 0.15) is 6.04 Å². The molecule has 0 saturated carbocycles. The molecule has 0 fully saturated rings. The summed E-state index contributed by atoms with van der Waals surface area (Å²) in [6.07, 6.45) is 0.637. The fourth-order valence-electron chi connectivity index (χ4n) is 4.07. The molecule has 0 saturated heterocycles. The summed E-state index contributed by atoms with van der Waals surface area (Å²) in [5.74, 6) is -1.48. The Morgan fingerprint density at radius 1 is 0.875 bits per heavy atom. The zero-order valence-corrected chi connectivity index (χ0v) is 23.5. The first-order chi connectivity index (χ1) is 19.2. The van der Waals surface area contributed by atoms with Gasteiger partial charge in [0.05, 0.1) is 12.5 Å². The normalized spacial score (nSPS) is 12.2. The maximum absolute atomic E-state index is 13.1. The Labute approximate surface area is 236 Å². The van der Waals surface area contributed by atoms with Gasteiger partial charge in [-0.2, -0.15) is 0 Å². The van der Waals surface area contributed by atoms with Crippen LogP contribution in [0.15, 0.2) is 54.6 Å². The van der Waals surface area contributed by atoms with Crippen molar-refractivity contribution in [3.8, 4) is 0 Å². The van der Waals surface area contributed by atoms with Gasteiger partial charge in [0.25, 0.3) is 5.91 Å². The summed E-state index contributed by atoms with van der Waals surface area (Å²) >= 11 is 0. The van der Waals surface area contributed by atoms with E-state index < -0.39 is 23.9 Å². The Kier molecular flexibility index (Phi) is 13.8. The maximum atomic E-state index is 13.1. The van der Waals surface area contributed by atoms with Gasteiger partial charge in [0, 0.05) is 51.9 Å². The van der Waals surface area contributed by atoms with Gasteiger partial charge in [-0.1, -0.05) is 48.0 Å². The largest absolute Gasteiger partial charge is 0.353 e. The quantitative estimate of drug-likeness (QED) is 0.190. The molecule has 8 N–H and O–H groups in total. The molecule has 2 atom stereocenters. The average Bonchev–Trinajstić information content (AvgIpc) is 2.95. The minimum atomic E-state index is -1.14. The number of hydrogen-bond donors (Lipinski definition) is 5. The monoisotopic (exact) mass is 553 g/mol. The summed E-state index contributed by atoms with van der Waals surface area (Å²) in [6.45, 7) is 3.58. The van der Waals surface area contributed by atoms with Crippen LogP contribution in [0.4, 0.5) is 0 Å². The van der Waals surface area contributed by atoms with E-state index in [9.17, 15) is 19.2 Å². The van der Waals surface area contributed by atoms with E-state index in [-0.39, 0.29) is 44.4 Å². The number of nitrogens with zero attached hydrogens (tertiary/aromatic N) is 2. The molecule has 0 aliphatic heterocycles. The van der Waals surface area contributed by atoms with E-state index in [1.54, 1.807) is 19.2 Å². The molecule has 218 valence electrons. The first-order valence-electron chi connectivity index (χ1n) is 13.5. The van der Waals surface area contributed by atoms with Gasteiger partial charge in [-0.3, -0.25) is 19.2 Å². The molecule has 0 aliphatic carbocycles. The van der Waals surface area contributed by atoms with Crippen LogP contribution >= 0.6 is 0 Å². The van der Waals surface area contributed by atoms with E-state index in [0.717, 1.165) is 11.1 Å². The van der Waals surface area contributed by atoms with Crippen molar-refractivity contribution in [2.24, 2.45) is 17.2 Å². The molecule has 0 heterocycles. The van der Waals surface area contributed by atoms with E-state index in [0.29, 0.717) is 31.5 Å². The molecule has 0 spiro atoms. The average molecular weight is 554 g/mol. The number of carbonyl (C=O) groups is 4. The lowest BCUT2D eigenvalue weighted by Gasteiger charge is -2.24. The van der Waals surface area contributed by atoms with E-state index in [2.05, 4.69) is 10.6 Å². The summed E-state index contributed by atoms with van der Waals surface area (Å²) in [5, 5.41) is 5.52. The van der Waals surface area contributed by atoms with Crippen molar-refractivity contribution in [3.05, 3.63) is 71.3 Å². The molecular formula is C29H43N7O4. The van der Waals surface area contributed by atoms with Gasteiger partial charge in [-0.05, 0) is 37.5 Å². The van der Waals surface area contributed by atoms with Crippen molar-refractivity contribution in [1.82, 2.24) is 20.4 Å². The van der Waals surface area contributed by atoms with Crippen LogP contribution in [0.3, 0.4) is 0 Å². The smallest absolute Gasteiger partial charge is 0.253 e. The maximum Gasteiger partial charge on any atom is 0.253 e. The lowest BCUT2D eigenvalue weighted by molar-refractivity contribution is -0.135. The number of nitrogens with two attached hydrogens (primary N) is 3. The predicted octanol–water partition coefficient (Wildman–Crippen LogP) is -0.236. The highest BCUT2D eigenvalue weighted by molar-refractivity contribution is 5.94. The third-order valence-electron chi connectivity index (χ3n) is 6.47. The second-order valence-electron chi connectivity index (χ2n) is 9.74. The van der Waals surface area contributed by atoms with Crippen LogP contribution in [-0.4, -0.2) is 91.8 Å². The summed E-state index contributed by atoms with van der Waals surface area (Å²) < 4.78 is 0. The molecule has 11 heteroatoms. The Balaban J connectivity index is 1.98. The highest BCUT2D eigenvalue weighted by atomic mass is 16.2. The number of carbonyl (C=O) groups excluding carboxylic acids is 4. The summed E-state index contributed by atoms with van der Waals surface area (Å²) in [6, 6.07) is 14.8. The van der Waals surface area contributed by atoms with Crippen molar-refractivity contribution >= 4 is 23.6 Å². The van der Waals surface area contributed by atoms with Crippen LogP contribution in [-0.2, 0) is 20.8 Å². The minimum absolute atomic E-state index is 0.155. The molecule has 0 radical (unpaired) electrons. The van der Waals surface area contributed by atoms with Crippen LogP contribution in [0.25, 0.3) is 0 Å². The van der Waals surface area contributed by atoms with Crippen LogP contribution < -0.4 is 27.8 Å². The van der Waals surface area contributed by atoms with E-state index in [1.165, 1.54) is 9.80 Å². The molecule has 2 aromatic carbocycles. The topological polar surface area (TPSA) is 177 Å². The summed E-state index contributed by atoms with van der Waals surface area (Å²) in [4.78, 5) is 54.3. The van der Waals surface area contributed by atoms with Gasteiger partial charge in [0.2, 0.25) is 17.7 Å². The van der Waals surface area contributed by atoms with Gasteiger partial charge in [0.15, 0.2) is 0 Å². The van der Waals surface area contributed by atoms with Gasteiger partial charge >= 0.3 is 0 Å². The van der Waals surface area contributed by atoms with Gasteiger partial charge < -0.3 is 37.6 Å². The van der Waals surface area contributed by atoms with E-state index in [1.807, 2.05) is 49.4 Å². The SMILES string of the molecule is Cc1ccc(C(=O)N(C)CCNC(=O)[C@H](CCc2ccccc2)NC(=O)[C@@H](N)CC(=O)N(CCN)CCN)cc1. The molecule has 0 unspecified atom stereocenters. The first-order valence-corrected chi connectivity index (χ1v) is 13.5. The molecule has 11 nitrogen and oxygen atoms in total. The Hall–Kier alpha value is -3.80. The van der Waals surface area contributed by atoms with Crippen LogP contribution in [0.5, 0.6) is 0 Å². The molecule has 40 heavy (non-hydrogen) atoms. The van der Waals surface area contributed by atoms with E-state index >= 15 is 0 Å². The fraction of sp³-hybridized carbons (Fsp3) is 0.448. The highest BCUT2D eigenvalue weighted by Crippen LogP contribution is 2.08. The number of benzene rings is 2. The molecular weight excluding hydrogens is 510 g/mol. The van der Waals surface area contributed by atoms with Crippen LogP contribution in [0.2, 0.25) is 0 Å². The van der Waals surface area contributed by atoms with Crippen LogP contribution in [0.1, 0.15) is 34.3 Å². The standard InChI is InChI=1S/C29H43N7O4/c1-21-8-11-23(12-9-21)29(40)35(2)19-16-33-28(39)25(13-10-22-6-4-3-5-7-22)34-27(38)24(32)20-26(37)36(17-14-30)18-15-31/h3-9,11-12,24-25H,10,13-20,30-32H2,1-2H3,(H,33,39)(H,34,38)/t24-,25-/m0/s1. The number of hydrogen-bond acceptors (Lipinski definition) is 7. The fourth-order valence-corrected chi connectivity index (χ4v) is 4.07. The zero-order valence-electron chi connectivity index (χ0n) is 23.5. The Morgan fingerprint density at radius 3 is 2.10 bits per heavy atom. The summed E-state index contributed by atoms with van der Waals surface area (Å²) in [7, 11) is 1.66. The highest BCUT2D eigenvalue weighted by Gasteiger charge is 2.26. The lowest BCUT2D eigenvalue weighted by atomic mass is 10.0. The number of aryl methyl sites for hydroxylation is 2. The Morgan fingerprint density at radius 2 is 1.50 bits per heavy atom. The molecule has 4 amide bonds. The molecule has 2 aromatic rings. The first kappa shape index (κ1) is 32.4. The molecule has 0 bridgehead atoms. The van der Waals surface area contributed by atoms with Crippen molar-refractivity contribution in [3.63, 3.8) is 0 Å². The number of rotatable bonds is 16. The second-order valence-corrected chi connectivity index (χ2v) is 9.74. The second kappa shape index (κ2) is 17.0. The van der Waals surface area contributed by atoms with Crippen molar-refractivity contribution in [1.29, 1.82) is 0 Å². The minimum Gasteiger partial charge on any atom is -0.353 e. The van der Waals surface area contributed by atoms with Gasteiger partial charge in [-0.25, -0.2) is 0 Å². The van der Waals surface area contributed by atoms with Crippen molar-refractivity contribution < 1.29 is 19.2 Å².